The van der Waals surface area contributed by atoms with E-state index in [1.807, 2.05) is 6.92 Å². The van der Waals surface area contributed by atoms with Crippen LogP contribution in [-0.2, 0) is 16.8 Å². The minimum atomic E-state index is -0.672. The normalized spacial score (nSPS) is 26.8. The third-order valence-corrected chi connectivity index (χ3v) is 8.13. The number of benzene rings is 2. The van der Waals surface area contributed by atoms with Crippen molar-refractivity contribution in [1.29, 1.82) is 0 Å². The average molecular weight is 501 g/mol. The van der Waals surface area contributed by atoms with E-state index in [-0.39, 0.29) is 35.8 Å². The smallest absolute Gasteiger partial charge is 0.251 e. The Kier molecular flexibility index (Phi) is 5.79. The summed E-state index contributed by atoms with van der Waals surface area (Å²) in [6, 6.07) is 10.8. The predicted molar refractivity (Wildman–Crippen MR) is 140 cm³/mol. The Morgan fingerprint density at radius 3 is 2.81 bits per heavy atom. The highest BCUT2D eigenvalue weighted by Gasteiger charge is 2.59. The van der Waals surface area contributed by atoms with Crippen molar-refractivity contribution in [2.45, 2.75) is 69.2 Å². The average Bonchev–Trinajstić information content (AvgIpc) is 3.65. The van der Waals surface area contributed by atoms with Crippen molar-refractivity contribution in [2.75, 3.05) is 6.61 Å². The monoisotopic (exact) mass is 500 g/mol. The molecule has 8 nitrogen and oxygen atoms in total. The Hall–Kier alpha value is -3.65. The Morgan fingerprint density at radius 2 is 2.05 bits per heavy atom. The van der Waals surface area contributed by atoms with E-state index in [2.05, 4.69) is 40.7 Å². The molecule has 3 unspecified atom stereocenters. The summed E-state index contributed by atoms with van der Waals surface area (Å²) in [5, 5.41) is 14.4. The van der Waals surface area contributed by atoms with Crippen molar-refractivity contribution >= 4 is 23.8 Å². The quantitative estimate of drug-likeness (QED) is 0.586. The first-order chi connectivity index (χ1) is 17.9. The van der Waals surface area contributed by atoms with Crippen molar-refractivity contribution < 1.29 is 19.4 Å². The molecule has 2 aliphatic carbocycles. The predicted octanol–water partition coefficient (Wildman–Crippen LogP) is 3.19. The van der Waals surface area contributed by atoms with Crippen LogP contribution in [0.4, 0.5) is 0 Å². The molecule has 2 aromatic carbocycles. The summed E-state index contributed by atoms with van der Waals surface area (Å²) in [5.41, 5.74) is 10.2. The van der Waals surface area contributed by atoms with Crippen LogP contribution in [0.3, 0.4) is 0 Å². The lowest BCUT2D eigenvalue weighted by Crippen LogP contribution is -2.46. The summed E-state index contributed by atoms with van der Waals surface area (Å²) in [4.78, 5) is 32.6. The van der Waals surface area contributed by atoms with Gasteiger partial charge in [0, 0.05) is 23.0 Å². The number of carbonyl (C=O) groups is 2. The number of hydrogen-bond donors (Lipinski definition) is 3. The zero-order valence-electron chi connectivity index (χ0n) is 20.9. The van der Waals surface area contributed by atoms with Gasteiger partial charge in [-0.2, -0.15) is 0 Å². The van der Waals surface area contributed by atoms with Gasteiger partial charge in [-0.25, -0.2) is 4.99 Å². The Bertz CT molecular complexity index is 1330. The van der Waals surface area contributed by atoms with Gasteiger partial charge in [0.1, 0.15) is 5.75 Å². The molecule has 2 aromatic rings. The van der Waals surface area contributed by atoms with Crippen LogP contribution in [0.5, 0.6) is 5.75 Å². The van der Waals surface area contributed by atoms with Crippen LogP contribution in [0, 0.1) is 0 Å². The number of nitrogens with one attached hydrogen (secondary N) is 1. The van der Waals surface area contributed by atoms with Gasteiger partial charge in [-0.05, 0) is 73.6 Å². The van der Waals surface area contributed by atoms with E-state index in [9.17, 15) is 14.7 Å². The van der Waals surface area contributed by atoms with E-state index in [1.165, 1.54) is 4.90 Å². The second-order valence-corrected chi connectivity index (χ2v) is 10.5. The first-order valence-electron chi connectivity index (χ1n) is 13.1. The van der Waals surface area contributed by atoms with Crippen LogP contribution < -0.4 is 15.8 Å². The molecule has 1 fully saturated rings. The number of nitrogens with two attached hydrogens (primary N) is 1. The number of nitrogens with zero attached hydrogens (tertiary/aromatic N) is 2. The molecule has 2 amide bonds. The minimum Gasteiger partial charge on any atom is -0.494 e. The maximum atomic E-state index is 13.5. The molecule has 37 heavy (non-hydrogen) atoms. The fourth-order valence-corrected chi connectivity index (χ4v) is 6.02. The summed E-state index contributed by atoms with van der Waals surface area (Å²) in [5.74, 6) is 0.400. The molecule has 6 bridgehead atoms. The third-order valence-electron chi connectivity index (χ3n) is 8.13. The molecule has 8 heteroatoms. The van der Waals surface area contributed by atoms with E-state index in [1.54, 1.807) is 18.2 Å². The molecule has 1 spiro atoms. The highest BCUT2D eigenvalue weighted by molar-refractivity contribution is 5.99. The molecule has 1 saturated carbocycles. The number of allylic oxidation sites excluding steroid dienone is 1. The molecule has 3 heterocycles. The van der Waals surface area contributed by atoms with Crippen LogP contribution in [0.15, 0.2) is 47.5 Å². The number of aliphatic hydroxyl groups excluding tert-OH is 1. The second-order valence-electron chi connectivity index (χ2n) is 10.5. The van der Waals surface area contributed by atoms with Crippen molar-refractivity contribution in [3.8, 4) is 5.75 Å². The summed E-state index contributed by atoms with van der Waals surface area (Å²) < 4.78 is 5.80. The van der Waals surface area contributed by atoms with Crippen molar-refractivity contribution in [3.05, 3.63) is 70.3 Å². The Morgan fingerprint density at radius 1 is 1.22 bits per heavy atom. The first kappa shape index (κ1) is 23.7. The number of ether oxygens (including phenoxy) is 1. The molecular weight excluding hydrogens is 468 g/mol. The largest absolute Gasteiger partial charge is 0.494 e. The summed E-state index contributed by atoms with van der Waals surface area (Å²) >= 11 is 0. The summed E-state index contributed by atoms with van der Waals surface area (Å²) in [6.07, 6.45) is 7.07. The second kappa shape index (κ2) is 9.03. The zero-order chi connectivity index (χ0) is 25.7. The Balaban J connectivity index is 1.42. The van der Waals surface area contributed by atoms with Gasteiger partial charge in [-0.15, -0.1) is 0 Å². The number of aliphatic imine (C=N–C) groups is 1. The van der Waals surface area contributed by atoms with Crippen LogP contribution in [0.2, 0.25) is 0 Å². The van der Waals surface area contributed by atoms with Crippen molar-refractivity contribution in [2.24, 2.45) is 10.7 Å². The number of carbonyl (C=O) groups excluding carboxylic acids is 2. The van der Waals surface area contributed by atoms with Gasteiger partial charge in [0.25, 0.3) is 5.91 Å². The van der Waals surface area contributed by atoms with Gasteiger partial charge >= 0.3 is 0 Å². The molecule has 192 valence electrons. The minimum absolute atomic E-state index is 0.0936. The van der Waals surface area contributed by atoms with Gasteiger partial charge in [-0.3, -0.25) is 14.5 Å². The fraction of sp³-hybridized carbons (Fsp3) is 0.414. The molecular formula is C29H32N4O4. The van der Waals surface area contributed by atoms with E-state index in [0.717, 1.165) is 42.4 Å². The number of rotatable bonds is 2. The molecule has 0 aromatic heterocycles. The molecule has 7 rings (SSSR count). The van der Waals surface area contributed by atoms with Crippen LogP contribution in [0.25, 0.3) is 6.08 Å². The van der Waals surface area contributed by atoms with Crippen LogP contribution in [0.1, 0.15) is 77.7 Å². The third kappa shape index (κ3) is 4.09. The fourth-order valence-electron chi connectivity index (χ4n) is 6.02. The van der Waals surface area contributed by atoms with Gasteiger partial charge in [0.05, 0.1) is 31.3 Å². The Labute approximate surface area is 216 Å². The molecule has 0 saturated heterocycles. The highest BCUT2D eigenvalue weighted by atomic mass is 16.5. The summed E-state index contributed by atoms with van der Waals surface area (Å²) in [7, 11) is 0. The molecule has 3 aliphatic heterocycles. The SMILES string of the molecule is CCOc1ccc2cc1CN1C(=O)CC(CC/C=C/c3ccc4c(c3)C(NC2=O)C(O)C42CC2)N=C1N. The van der Waals surface area contributed by atoms with Gasteiger partial charge < -0.3 is 20.9 Å². The topological polar surface area (TPSA) is 117 Å². The van der Waals surface area contributed by atoms with Gasteiger partial charge in [-0.1, -0.05) is 24.3 Å². The van der Waals surface area contributed by atoms with E-state index in [0.29, 0.717) is 29.9 Å². The van der Waals surface area contributed by atoms with Crippen molar-refractivity contribution in [3.63, 3.8) is 0 Å². The lowest BCUT2D eigenvalue weighted by molar-refractivity contribution is -0.128. The number of fused-ring (bicyclic) bond motifs is 5. The summed E-state index contributed by atoms with van der Waals surface area (Å²) in [6.45, 7) is 2.50. The lowest BCUT2D eigenvalue weighted by Gasteiger charge is -2.29. The van der Waals surface area contributed by atoms with E-state index >= 15 is 0 Å². The van der Waals surface area contributed by atoms with Crippen LogP contribution >= 0.6 is 0 Å². The van der Waals surface area contributed by atoms with Gasteiger partial charge in [0.15, 0.2) is 5.96 Å². The maximum absolute atomic E-state index is 13.5. The molecule has 5 aliphatic rings. The highest BCUT2D eigenvalue weighted by Crippen LogP contribution is 2.60. The van der Waals surface area contributed by atoms with E-state index in [4.69, 9.17) is 10.5 Å². The van der Waals surface area contributed by atoms with Gasteiger partial charge in [0.2, 0.25) is 5.91 Å². The molecule has 3 atom stereocenters. The number of guanidine groups is 1. The zero-order valence-corrected chi connectivity index (χ0v) is 20.9. The molecule has 4 N–H and O–H groups in total. The van der Waals surface area contributed by atoms with E-state index < -0.39 is 12.1 Å². The number of amides is 2. The maximum Gasteiger partial charge on any atom is 0.251 e. The molecule has 0 radical (unpaired) electrons. The van der Waals surface area contributed by atoms with Crippen LogP contribution in [-0.4, -0.2) is 46.5 Å². The standard InChI is InChI=1S/C29H32N4O4/c1-2-37-23-10-8-18-14-19(23)16-33-24(34)15-20(31-28(33)30)6-4-3-5-17-7-9-22-21(13-17)25(32-27(18)36)26(35)29(22)11-12-29/h3,5,7-10,13-14,20,25-26,35H,2,4,6,11-12,15-16H2,1H3,(H2,30,31)(H,32,36)/b5-3+. The van der Waals surface area contributed by atoms with Crippen molar-refractivity contribution in [1.82, 2.24) is 10.2 Å². The first-order valence-corrected chi connectivity index (χ1v) is 13.1. The number of aliphatic hydroxyl groups is 1. The lowest BCUT2D eigenvalue weighted by atomic mass is 9.95. The number of hydrogen-bond acceptors (Lipinski definition) is 6.